The SMILES string of the molecule is CC(C)NCC(C)(O)c1ccccc1Br. The molecule has 0 saturated heterocycles. The van der Waals surface area contributed by atoms with Gasteiger partial charge in [-0.3, -0.25) is 0 Å². The summed E-state index contributed by atoms with van der Waals surface area (Å²) in [7, 11) is 0. The van der Waals surface area contributed by atoms with Gasteiger partial charge < -0.3 is 10.4 Å². The summed E-state index contributed by atoms with van der Waals surface area (Å²) in [5.74, 6) is 0. The van der Waals surface area contributed by atoms with E-state index in [4.69, 9.17) is 0 Å². The average Bonchev–Trinajstić information content (AvgIpc) is 2.15. The first-order chi connectivity index (χ1) is 6.93. The van der Waals surface area contributed by atoms with Crippen LogP contribution in [0.25, 0.3) is 0 Å². The average molecular weight is 272 g/mol. The zero-order chi connectivity index (χ0) is 11.5. The first kappa shape index (κ1) is 12.7. The van der Waals surface area contributed by atoms with E-state index < -0.39 is 5.60 Å². The quantitative estimate of drug-likeness (QED) is 0.883. The summed E-state index contributed by atoms with van der Waals surface area (Å²) in [6.45, 7) is 6.50. The second-order valence-corrected chi connectivity index (χ2v) is 5.14. The van der Waals surface area contributed by atoms with Crippen LogP contribution in [0.3, 0.4) is 0 Å². The fraction of sp³-hybridized carbons (Fsp3) is 0.500. The van der Waals surface area contributed by atoms with Gasteiger partial charge in [0.1, 0.15) is 5.60 Å². The van der Waals surface area contributed by atoms with Gasteiger partial charge in [0.25, 0.3) is 0 Å². The van der Waals surface area contributed by atoms with Gasteiger partial charge in [-0.15, -0.1) is 0 Å². The lowest BCUT2D eigenvalue weighted by Crippen LogP contribution is -2.38. The molecule has 0 aliphatic heterocycles. The summed E-state index contributed by atoms with van der Waals surface area (Å²) in [4.78, 5) is 0. The molecule has 1 aromatic rings. The third kappa shape index (κ3) is 3.59. The summed E-state index contributed by atoms with van der Waals surface area (Å²) in [5, 5.41) is 13.6. The van der Waals surface area contributed by atoms with E-state index in [2.05, 4.69) is 35.1 Å². The van der Waals surface area contributed by atoms with Crippen LogP contribution in [0.5, 0.6) is 0 Å². The number of nitrogens with one attached hydrogen (secondary N) is 1. The molecule has 0 radical (unpaired) electrons. The van der Waals surface area contributed by atoms with E-state index in [0.29, 0.717) is 12.6 Å². The molecule has 1 unspecified atom stereocenters. The van der Waals surface area contributed by atoms with Crippen molar-refractivity contribution >= 4 is 15.9 Å². The first-order valence-electron chi connectivity index (χ1n) is 5.14. The Kier molecular flexibility index (Phi) is 4.32. The fourth-order valence-corrected chi connectivity index (χ4v) is 2.11. The molecule has 0 aromatic heterocycles. The molecule has 0 saturated carbocycles. The van der Waals surface area contributed by atoms with E-state index in [0.717, 1.165) is 10.0 Å². The smallest absolute Gasteiger partial charge is 0.100 e. The molecular formula is C12H18BrNO. The summed E-state index contributed by atoms with van der Waals surface area (Å²) < 4.78 is 0.945. The van der Waals surface area contributed by atoms with E-state index >= 15 is 0 Å². The molecule has 0 aliphatic rings. The van der Waals surface area contributed by atoms with Gasteiger partial charge in [0, 0.05) is 17.1 Å². The van der Waals surface area contributed by atoms with Gasteiger partial charge in [0.05, 0.1) is 0 Å². The van der Waals surface area contributed by atoms with Crippen molar-refractivity contribution in [1.29, 1.82) is 0 Å². The van der Waals surface area contributed by atoms with E-state index in [-0.39, 0.29) is 0 Å². The lowest BCUT2D eigenvalue weighted by Gasteiger charge is -2.26. The molecule has 0 amide bonds. The maximum absolute atomic E-state index is 10.3. The Morgan fingerprint density at radius 1 is 1.40 bits per heavy atom. The minimum Gasteiger partial charge on any atom is -0.384 e. The topological polar surface area (TPSA) is 32.3 Å². The molecule has 84 valence electrons. The number of benzene rings is 1. The molecule has 1 aromatic carbocycles. The van der Waals surface area contributed by atoms with Crippen LogP contribution in [-0.2, 0) is 5.60 Å². The standard InChI is InChI=1S/C12H18BrNO/c1-9(2)14-8-12(3,15)10-6-4-5-7-11(10)13/h4-7,9,14-15H,8H2,1-3H3. The molecule has 0 bridgehead atoms. The minimum absolute atomic E-state index is 0.374. The Bertz CT molecular complexity index is 323. The van der Waals surface area contributed by atoms with Crippen molar-refractivity contribution in [2.45, 2.75) is 32.4 Å². The van der Waals surface area contributed by atoms with Crippen LogP contribution < -0.4 is 5.32 Å². The maximum Gasteiger partial charge on any atom is 0.100 e. The normalized spacial score (nSPS) is 15.3. The Morgan fingerprint density at radius 2 is 2.00 bits per heavy atom. The van der Waals surface area contributed by atoms with Crippen molar-refractivity contribution in [3.8, 4) is 0 Å². The van der Waals surface area contributed by atoms with Gasteiger partial charge in [-0.1, -0.05) is 48.0 Å². The third-order valence-corrected chi connectivity index (χ3v) is 3.00. The number of aliphatic hydroxyl groups is 1. The van der Waals surface area contributed by atoms with Crippen LogP contribution in [0, 0.1) is 0 Å². The van der Waals surface area contributed by atoms with E-state index in [1.165, 1.54) is 0 Å². The fourth-order valence-electron chi connectivity index (χ4n) is 1.40. The Labute approximate surface area is 99.8 Å². The Hall–Kier alpha value is -0.380. The van der Waals surface area contributed by atoms with Crippen LogP contribution in [0.4, 0.5) is 0 Å². The molecule has 2 nitrogen and oxygen atoms in total. The van der Waals surface area contributed by atoms with Gasteiger partial charge in [-0.25, -0.2) is 0 Å². The van der Waals surface area contributed by atoms with Crippen LogP contribution in [0.15, 0.2) is 28.7 Å². The highest BCUT2D eigenvalue weighted by atomic mass is 79.9. The highest BCUT2D eigenvalue weighted by molar-refractivity contribution is 9.10. The molecule has 0 fully saturated rings. The summed E-state index contributed by atoms with van der Waals surface area (Å²) >= 11 is 3.45. The number of rotatable bonds is 4. The van der Waals surface area contributed by atoms with Crippen molar-refractivity contribution < 1.29 is 5.11 Å². The predicted molar refractivity (Wildman–Crippen MR) is 66.9 cm³/mol. The summed E-state index contributed by atoms with van der Waals surface area (Å²) in [6.07, 6.45) is 0. The third-order valence-electron chi connectivity index (χ3n) is 2.31. The van der Waals surface area contributed by atoms with Crippen LogP contribution in [0.1, 0.15) is 26.3 Å². The van der Waals surface area contributed by atoms with Gasteiger partial charge in [-0.2, -0.15) is 0 Å². The van der Waals surface area contributed by atoms with Gasteiger partial charge >= 0.3 is 0 Å². The second-order valence-electron chi connectivity index (χ2n) is 4.29. The lowest BCUT2D eigenvalue weighted by molar-refractivity contribution is 0.0542. The van der Waals surface area contributed by atoms with Crippen LogP contribution in [-0.4, -0.2) is 17.7 Å². The molecule has 2 N–H and O–H groups in total. The molecule has 1 atom stereocenters. The molecule has 15 heavy (non-hydrogen) atoms. The summed E-state index contributed by atoms with van der Waals surface area (Å²) in [5.41, 5.74) is 0.0721. The van der Waals surface area contributed by atoms with E-state index in [9.17, 15) is 5.11 Å². The monoisotopic (exact) mass is 271 g/mol. The molecule has 1 rings (SSSR count). The highest BCUT2D eigenvalue weighted by Gasteiger charge is 2.24. The number of hydrogen-bond donors (Lipinski definition) is 2. The zero-order valence-corrected chi connectivity index (χ0v) is 11.0. The molecule has 0 aliphatic carbocycles. The van der Waals surface area contributed by atoms with Gasteiger partial charge in [0.15, 0.2) is 0 Å². The molecule has 3 heteroatoms. The Morgan fingerprint density at radius 3 is 2.53 bits per heavy atom. The van der Waals surface area contributed by atoms with Crippen molar-refractivity contribution in [3.05, 3.63) is 34.3 Å². The van der Waals surface area contributed by atoms with Crippen molar-refractivity contribution in [2.24, 2.45) is 0 Å². The van der Waals surface area contributed by atoms with E-state index in [1.807, 2.05) is 31.2 Å². The van der Waals surface area contributed by atoms with Crippen LogP contribution in [0.2, 0.25) is 0 Å². The Balaban J connectivity index is 2.81. The van der Waals surface area contributed by atoms with Crippen molar-refractivity contribution in [3.63, 3.8) is 0 Å². The number of halogens is 1. The van der Waals surface area contributed by atoms with Crippen molar-refractivity contribution in [1.82, 2.24) is 5.32 Å². The molecule has 0 heterocycles. The van der Waals surface area contributed by atoms with E-state index in [1.54, 1.807) is 0 Å². The van der Waals surface area contributed by atoms with Crippen LogP contribution >= 0.6 is 15.9 Å². The number of hydrogen-bond acceptors (Lipinski definition) is 2. The highest BCUT2D eigenvalue weighted by Crippen LogP contribution is 2.27. The summed E-state index contributed by atoms with van der Waals surface area (Å²) in [6, 6.07) is 8.13. The maximum atomic E-state index is 10.3. The molecule has 0 spiro atoms. The predicted octanol–water partition coefficient (Wildman–Crippen LogP) is 2.65. The lowest BCUT2D eigenvalue weighted by atomic mass is 9.96. The zero-order valence-electron chi connectivity index (χ0n) is 9.42. The first-order valence-corrected chi connectivity index (χ1v) is 5.93. The van der Waals surface area contributed by atoms with Crippen molar-refractivity contribution in [2.75, 3.05) is 6.54 Å². The van der Waals surface area contributed by atoms with Gasteiger partial charge in [0.2, 0.25) is 0 Å². The largest absolute Gasteiger partial charge is 0.384 e. The van der Waals surface area contributed by atoms with Gasteiger partial charge in [-0.05, 0) is 18.6 Å². The minimum atomic E-state index is -0.843. The molecular weight excluding hydrogens is 254 g/mol. The second kappa shape index (κ2) is 5.10.